The SMILES string of the molecule is CC(C)Oc1ccc2ccccc2c1/C=C(\C#N)C(=O)Nc1ccc(OCc2ccc(Cl)cc2)cc1. The summed E-state index contributed by atoms with van der Waals surface area (Å²) in [5.74, 6) is 0.771. The van der Waals surface area contributed by atoms with Crippen LogP contribution in [-0.2, 0) is 11.4 Å². The topological polar surface area (TPSA) is 71.3 Å². The number of fused-ring (bicyclic) bond motifs is 1. The molecule has 0 heterocycles. The van der Waals surface area contributed by atoms with E-state index in [0.717, 1.165) is 16.3 Å². The highest BCUT2D eigenvalue weighted by atomic mass is 35.5. The highest BCUT2D eigenvalue weighted by Crippen LogP contribution is 2.31. The number of anilines is 1. The lowest BCUT2D eigenvalue weighted by Gasteiger charge is -2.15. The third-order valence-corrected chi connectivity index (χ3v) is 5.63. The van der Waals surface area contributed by atoms with Crippen LogP contribution >= 0.6 is 11.6 Å². The molecule has 0 radical (unpaired) electrons. The number of amides is 1. The van der Waals surface area contributed by atoms with Crippen LogP contribution in [0.15, 0.2) is 90.5 Å². The molecule has 5 nitrogen and oxygen atoms in total. The standard InChI is InChI=1S/C30H25ClN2O3/c1-20(2)36-29-16-9-22-5-3-4-6-27(22)28(29)17-23(18-32)30(34)33-25-12-14-26(15-13-25)35-19-21-7-10-24(31)11-8-21/h3-17,20H,19H2,1-2H3,(H,33,34)/b23-17+. The summed E-state index contributed by atoms with van der Waals surface area (Å²) in [6.45, 7) is 4.27. The molecule has 6 heteroatoms. The minimum atomic E-state index is -0.504. The number of hydrogen-bond donors (Lipinski definition) is 1. The van der Waals surface area contributed by atoms with Crippen molar-refractivity contribution in [2.45, 2.75) is 26.6 Å². The number of benzene rings is 4. The number of rotatable bonds is 8. The van der Waals surface area contributed by atoms with E-state index in [1.807, 2.05) is 80.6 Å². The summed E-state index contributed by atoms with van der Waals surface area (Å²) >= 11 is 5.91. The zero-order chi connectivity index (χ0) is 25.5. The van der Waals surface area contributed by atoms with Gasteiger partial charge in [0.2, 0.25) is 0 Å². The number of nitrogens with one attached hydrogen (secondary N) is 1. The average molecular weight is 497 g/mol. The molecule has 0 aliphatic rings. The summed E-state index contributed by atoms with van der Waals surface area (Å²) < 4.78 is 11.8. The van der Waals surface area contributed by atoms with Crippen molar-refractivity contribution in [1.29, 1.82) is 5.26 Å². The van der Waals surface area contributed by atoms with E-state index in [2.05, 4.69) is 5.32 Å². The van der Waals surface area contributed by atoms with Crippen LogP contribution in [0.2, 0.25) is 5.02 Å². The molecular formula is C30H25ClN2O3. The second-order valence-electron chi connectivity index (χ2n) is 8.43. The van der Waals surface area contributed by atoms with E-state index < -0.39 is 5.91 Å². The van der Waals surface area contributed by atoms with Gasteiger partial charge in [0.25, 0.3) is 5.91 Å². The minimum absolute atomic E-state index is 0.0250. The summed E-state index contributed by atoms with van der Waals surface area (Å²) in [7, 11) is 0. The van der Waals surface area contributed by atoms with Gasteiger partial charge in [-0.05, 0) is 78.7 Å². The van der Waals surface area contributed by atoms with Crippen LogP contribution in [0, 0.1) is 11.3 Å². The Morgan fingerprint density at radius 2 is 1.72 bits per heavy atom. The van der Waals surface area contributed by atoms with E-state index >= 15 is 0 Å². The second kappa shape index (κ2) is 11.4. The van der Waals surface area contributed by atoms with Crippen LogP contribution in [0.3, 0.4) is 0 Å². The number of nitriles is 1. The normalized spacial score (nSPS) is 11.2. The zero-order valence-electron chi connectivity index (χ0n) is 20.0. The number of carbonyl (C=O) groups is 1. The molecule has 0 spiro atoms. The van der Waals surface area contributed by atoms with E-state index in [4.69, 9.17) is 21.1 Å². The Bertz CT molecular complexity index is 1440. The van der Waals surface area contributed by atoms with Gasteiger partial charge < -0.3 is 14.8 Å². The first kappa shape index (κ1) is 24.8. The molecule has 0 aliphatic carbocycles. The Labute approximate surface area is 215 Å². The van der Waals surface area contributed by atoms with Crippen LogP contribution in [0.1, 0.15) is 25.0 Å². The Balaban J connectivity index is 1.51. The number of halogens is 1. The zero-order valence-corrected chi connectivity index (χ0v) is 20.8. The van der Waals surface area contributed by atoms with Gasteiger partial charge in [-0.15, -0.1) is 0 Å². The first-order valence-corrected chi connectivity index (χ1v) is 11.9. The van der Waals surface area contributed by atoms with Gasteiger partial charge in [0, 0.05) is 16.3 Å². The van der Waals surface area contributed by atoms with E-state index in [1.54, 1.807) is 30.3 Å². The molecule has 0 unspecified atom stereocenters. The van der Waals surface area contributed by atoms with Crippen molar-refractivity contribution in [3.05, 3.63) is 107 Å². The van der Waals surface area contributed by atoms with E-state index in [0.29, 0.717) is 34.4 Å². The second-order valence-corrected chi connectivity index (χ2v) is 8.87. The molecule has 4 aromatic carbocycles. The van der Waals surface area contributed by atoms with Crippen molar-refractivity contribution in [3.63, 3.8) is 0 Å². The van der Waals surface area contributed by atoms with Crippen LogP contribution in [0.5, 0.6) is 11.5 Å². The molecule has 1 amide bonds. The number of nitrogens with zero attached hydrogens (tertiary/aromatic N) is 1. The molecule has 0 aliphatic heterocycles. The lowest BCUT2D eigenvalue weighted by Crippen LogP contribution is -2.13. The molecular weight excluding hydrogens is 472 g/mol. The van der Waals surface area contributed by atoms with E-state index in [1.165, 1.54) is 0 Å². The molecule has 1 N–H and O–H groups in total. The molecule has 0 saturated heterocycles. The third-order valence-electron chi connectivity index (χ3n) is 5.38. The Morgan fingerprint density at radius 1 is 1.00 bits per heavy atom. The fourth-order valence-electron chi connectivity index (χ4n) is 3.65. The van der Waals surface area contributed by atoms with Crippen molar-refractivity contribution >= 4 is 40.0 Å². The van der Waals surface area contributed by atoms with Gasteiger partial charge in [0.05, 0.1) is 6.10 Å². The minimum Gasteiger partial charge on any atom is -0.490 e. The summed E-state index contributed by atoms with van der Waals surface area (Å²) in [5.41, 5.74) is 2.22. The Morgan fingerprint density at radius 3 is 2.42 bits per heavy atom. The maximum atomic E-state index is 13.0. The molecule has 0 saturated carbocycles. The number of carbonyl (C=O) groups excluding carboxylic acids is 1. The predicted octanol–water partition coefficient (Wildman–Crippen LogP) is 7.41. The van der Waals surface area contributed by atoms with Crippen molar-refractivity contribution in [1.82, 2.24) is 0 Å². The smallest absolute Gasteiger partial charge is 0.266 e. The van der Waals surface area contributed by atoms with E-state index in [9.17, 15) is 10.1 Å². The molecule has 0 aromatic heterocycles. The van der Waals surface area contributed by atoms with E-state index in [-0.39, 0.29) is 11.7 Å². The summed E-state index contributed by atoms with van der Waals surface area (Å²) in [5, 5.41) is 15.1. The molecule has 0 atom stereocenters. The predicted molar refractivity (Wildman–Crippen MR) is 144 cm³/mol. The highest BCUT2D eigenvalue weighted by Gasteiger charge is 2.14. The Hall–Kier alpha value is -4.27. The maximum absolute atomic E-state index is 13.0. The molecule has 180 valence electrons. The van der Waals surface area contributed by atoms with Crippen molar-refractivity contribution < 1.29 is 14.3 Å². The number of hydrogen-bond acceptors (Lipinski definition) is 4. The largest absolute Gasteiger partial charge is 0.490 e. The third kappa shape index (κ3) is 6.24. The molecule has 0 bridgehead atoms. The van der Waals surface area contributed by atoms with Gasteiger partial charge in [-0.1, -0.05) is 54.1 Å². The fourth-order valence-corrected chi connectivity index (χ4v) is 3.78. The Kier molecular flexibility index (Phi) is 7.89. The van der Waals surface area contributed by atoms with Crippen LogP contribution in [-0.4, -0.2) is 12.0 Å². The summed E-state index contributed by atoms with van der Waals surface area (Å²) in [4.78, 5) is 13.0. The van der Waals surface area contributed by atoms with Gasteiger partial charge in [-0.2, -0.15) is 5.26 Å². The first-order chi connectivity index (χ1) is 17.4. The summed E-state index contributed by atoms with van der Waals surface area (Å²) in [6.07, 6.45) is 1.53. The van der Waals surface area contributed by atoms with Crippen LogP contribution in [0.4, 0.5) is 5.69 Å². The maximum Gasteiger partial charge on any atom is 0.266 e. The lowest BCUT2D eigenvalue weighted by atomic mass is 10.0. The quantitative estimate of drug-likeness (QED) is 0.204. The average Bonchev–Trinajstić information content (AvgIpc) is 2.88. The molecule has 4 rings (SSSR count). The van der Waals surface area contributed by atoms with Gasteiger partial charge >= 0.3 is 0 Å². The summed E-state index contributed by atoms with van der Waals surface area (Å²) in [6, 6.07) is 28.1. The first-order valence-electron chi connectivity index (χ1n) is 11.5. The van der Waals surface area contributed by atoms with Crippen molar-refractivity contribution in [3.8, 4) is 17.6 Å². The van der Waals surface area contributed by atoms with Gasteiger partial charge in [-0.25, -0.2) is 0 Å². The van der Waals surface area contributed by atoms with Gasteiger partial charge in [-0.3, -0.25) is 4.79 Å². The van der Waals surface area contributed by atoms with Gasteiger partial charge in [0.1, 0.15) is 29.7 Å². The molecule has 4 aromatic rings. The van der Waals surface area contributed by atoms with Gasteiger partial charge in [0.15, 0.2) is 0 Å². The molecule has 0 fully saturated rings. The van der Waals surface area contributed by atoms with Crippen LogP contribution in [0.25, 0.3) is 16.8 Å². The monoisotopic (exact) mass is 496 g/mol. The van der Waals surface area contributed by atoms with Crippen LogP contribution < -0.4 is 14.8 Å². The lowest BCUT2D eigenvalue weighted by molar-refractivity contribution is -0.112. The number of ether oxygens (including phenoxy) is 2. The molecule has 36 heavy (non-hydrogen) atoms. The van der Waals surface area contributed by atoms with Crippen molar-refractivity contribution in [2.75, 3.05) is 5.32 Å². The highest BCUT2D eigenvalue weighted by molar-refractivity contribution is 6.30. The van der Waals surface area contributed by atoms with Crippen molar-refractivity contribution in [2.24, 2.45) is 0 Å². The fraction of sp³-hybridized carbons (Fsp3) is 0.133.